The molecule has 0 saturated carbocycles. The minimum Gasteiger partial charge on any atom is -0.454 e. The van der Waals surface area contributed by atoms with E-state index in [4.69, 9.17) is 9.47 Å². The fourth-order valence-electron chi connectivity index (χ4n) is 3.22. The van der Waals surface area contributed by atoms with Crippen molar-refractivity contribution >= 4 is 23.8 Å². The van der Waals surface area contributed by atoms with Gasteiger partial charge in [-0.2, -0.15) is 0 Å². The molecule has 182 valence electrons. The summed E-state index contributed by atoms with van der Waals surface area (Å²) in [5, 5.41) is 5.07. The van der Waals surface area contributed by atoms with E-state index in [0.29, 0.717) is 5.56 Å². The molecule has 0 radical (unpaired) electrons. The number of carbonyl (C=O) groups is 4. The van der Waals surface area contributed by atoms with E-state index >= 15 is 0 Å². The maximum absolute atomic E-state index is 12.8. The lowest BCUT2D eigenvalue weighted by Gasteiger charge is -2.23. The lowest BCUT2D eigenvalue weighted by Crippen LogP contribution is -2.50. The summed E-state index contributed by atoms with van der Waals surface area (Å²) >= 11 is 0. The zero-order chi connectivity index (χ0) is 25.3. The maximum atomic E-state index is 12.8. The summed E-state index contributed by atoms with van der Waals surface area (Å²) in [7, 11) is 0. The van der Waals surface area contributed by atoms with Gasteiger partial charge in [0.2, 0.25) is 5.91 Å². The van der Waals surface area contributed by atoms with Crippen LogP contribution in [0.5, 0.6) is 0 Å². The van der Waals surface area contributed by atoms with Crippen LogP contribution in [0.1, 0.15) is 47.8 Å². The second kappa shape index (κ2) is 12.0. The molecule has 1 atom stereocenters. The average Bonchev–Trinajstić information content (AvgIpc) is 2.75. The number of Topliss-reactive ketones (excluding diaryl/α,β-unsaturated/α-hetero) is 1. The average molecular weight is 469 g/mol. The fraction of sp³-hybridized carbons (Fsp3) is 0.385. The SMILES string of the molecule is Cc1cccc(C)c1C(=O)OCC(=O)CNC(=O)[C@H](Cc1ccccc1)NC(=O)OC(C)(C)C. The first-order valence-corrected chi connectivity index (χ1v) is 11.0. The molecule has 2 rings (SSSR count). The van der Waals surface area contributed by atoms with Crippen LogP contribution in [-0.4, -0.2) is 48.5 Å². The first kappa shape index (κ1) is 26.6. The van der Waals surface area contributed by atoms with Crippen molar-refractivity contribution in [1.29, 1.82) is 0 Å². The molecular weight excluding hydrogens is 436 g/mol. The summed E-state index contributed by atoms with van der Waals surface area (Å²) in [5.74, 6) is -1.63. The fourth-order valence-corrected chi connectivity index (χ4v) is 3.22. The molecule has 0 fully saturated rings. The first-order chi connectivity index (χ1) is 16.0. The number of hydrogen-bond donors (Lipinski definition) is 2. The third kappa shape index (κ3) is 8.69. The monoisotopic (exact) mass is 468 g/mol. The highest BCUT2D eigenvalue weighted by molar-refractivity contribution is 5.95. The van der Waals surface area contributed by atoms with Crippen molar-refractivity contribution in [2.24, 2.45) is 0 Å². The Labute approximate surface area is 200 Å². The summed E-state index contributed by atoms with van der Waals surface area (Å²) < 4.78 is 10.4. The Morgan fingerprint density at radius 3 is 2.12 bits per heavy atom. The number of carbonyl (C=O) groups excluding carboxylic acids is 4. The van der Waals surface area contributed by atoms with Crippen LogP contribution in [-0.2, 0) is 25.5 Å². The molecule has 34 heavy (non-hydrogen) atoms. The van der Waals surface area contributed by atoms with Crippen molar-refractivity contribution in [2.75, 3.05) is 13.2 Å². The van der Waals surface area contributed by atoms with Gasteiger partial charge in [0.15, 0.2) is 12.4 Å². The number of esters is 1. The van der Waals surface area contributed by atoms with E-state index in [1.807, 2.05) is 36.4 Å². The molecule has 2 aromatic carbocycles. The van der Waals surface area contributed by atoms with Crippen molar-refractivity contribution in [3.05, 3.63) is 70.8 Å². The number of rotatable bonds is 9. The molecule has 8 heteroatoms. The van der Waals surface area contributed by atoms with Gasteiger partial charge in [0.25, 0.3) is 0 Å². The van der Waals surface area contributed by atoms with Gasteiger partial charge in [-0.25, -0.2) is 9.59 Å². The van der Waals surface area contributed by atoms with E-state index < -0.39 is 42.0 Å². The first-order valence-electron chi connectivity index (χ1n) is 11.0. The molecule has 0 aliphatic rings. The summed E-state index contributed by atoms with van der Waals surface area (Å²) in [4.78, 5) is 49.6. The molecule has 0 unspecified atom stereocenters. The summed E-state index contributed by atoms with van der Waals surface area (Å²) in [6.45, 7) is 7.91. The lowest BCUT2D eigenvalue weighted by atomic mass is 10.0. The Balaban J connectivity index is 1.94. The highest BCUT2D eigenvalue weighted by Gasteiger charge is 2.25. The smallest absolute Gasteiger partial charge is 0.408 e. The second-order valence-electron chi connectivity index (χ2n) is 8.99. The number of ketones is 1. The molecule has 0 bridgehead atoms. The normalized spacial score (nSPS) is 11.8. The summed E-state index contributed by atoms with van der Waals surface area (Å²) in [5.41, 5.74) is 2.02. The molecule has 2 aromatic rings. The molecule has 8 nitrogen and oxygen atoms in total. The maximum Gasteiger partial charge on any atom is 0.408 e. The van der Waals surface area contributed by atoms with Crippen molar-refractivity contribution < 1.29 is 28.7 Å². The molecule has 0 heterocycles. The topological polar surface area (TPSA) is 111 Å². The standard InChI is InChI=1S/C26H32N2O6/c1-17-10-9-11-18(2)22(17)24(31)33-16-20(29)15-27-23(30)21(14-19-12-7-6-8-13-19)28-25(32)34-26(3,4)5/h6-13,21H,14-16H2,1-5H3,(H,27,30)(H,28,32)/t21-/m0/s1. The number of ether oxygens (including phenoxy) is 2. The van der Waals surface area contributed by atoms with Crippen LogP contribution >= 0.6 is 0 Å². The van der Waals surface area contributed by atoms with E-state index in [-0.39, 0.29) is 13.0 Å². The zero-order valence-corrected chi connectivity index (χ0v) is 20.3. The quantitative estimate of drug-likeness (QED) is 0.547. The summed E-state index contributed by atoms with van der Waals surface area (Å²) in [6, 6.07) is 13.6. The lowest BCUT2D eigenvalue weighted by molar-refractivity contribution is -0.127. The Bertz CT molecular complexity index is 1010. The van der Waals surface area contributed by atoms with Crippen molar-refractivity contribution in [1.82, 2.24) is 10.6 Å². The Morgan fingerprint density at radius 2 is 1.53 bits per heavy atom. The third-order valence-electron chi connectivity index (χ3n) is 4.80. The van der Waals surface area contributed by atoms with E-state index in [1.165, 1.54) is 0 Å². The van der Waals surface area contributed by atoms with Crippen LogP contribution < -0.4 is 10.6 Å². The molecule has 0 aliphatic heterocycles. The number of amides is 2. The molecule has 0 aromatic heterocycles. The Hall–Kier alpha value is -3.68. The number of nitrogens with one attached hydrogen (secondary N) is 2. The molecule has 0 spiro atoms. The molecule has 0 aliphatic carbocycles. The van der Waals surface area contributed by atoms with Gasteiger partial charge in [0.1, 0.15) is 11.6 Å². The predicted molar refractivity (Wildman–Crippen MR) is 128 cm³/mol. The Morgan fingerprint density at radius 1 is 0.912 bits per heavy atom. The Kier molecular flexibility index (Phi) is 9.36. The van der Waals surface area contributed by atoms with E-state index in [1.54, 1.807) is 46.8 Å². The highest BCUT2D eigenvalue weighted by Crippen LogP contribution is 2.14. The molecular formula is C26H32N2O6. The van der Waals surface area contributed by atoms with E-state index in [9.17, 15) is 19.2 Å². The molecule has 2 N–H and O–H groups in total. The van der Waals surface area contributed by atoms with Crippen LogP contribution in [0, 0.1) is 13.8 Å². The van der Waals surface area contributed by atoms with Gasteiger partial charge in [-0.15, -0.1) is 0 Å². The third-order valence-corrected chi connectivity index (χ3v) is 4.80. The van der Waals surface area contributed by atoms with Gasteiger partial charge < -0.3 is 20.1 Å². The van der Waals surface area contributed by atoms with Gasteiger partial charge in [-0.05, 0) is 51.3 Å². The molecule has 0 saturated heterocycles. The van der Waals surface area contributed by atoms with Crippen molar-refractivity contribution in [2.45, 2.75) is 52.7 Å². The van der Waals surface area contributed by atoms with Crippen LogP contribution in [0.3, 0.4) is 0 Å². The number of alkyl carbamates (subject to hydrolysis) is 1. The van der Waals surface area contributed by atoms with E-state index in [2.05, 4.69) is 10.6 Å². The number of aryl methyl sites for hydroxylation is 2. The summed E-state index contributed by atoms with van der Waals surface area (Å²) in [6.07, 6.45) is -0.529. The van der Waals surface area contributed by atoms with Crippen molar-refractivity contribution in [3.63, 3.8) is 0 Å². The van der Waals surface area contributed by atoms with Crippen LogP contribution in [0.25, 0.3) is 0 Å². The molecule has 2 amide bonds. The number of benzene rings is 2. The highest BCUT2D eigenvalue weighted by atomic mass is 16.6. The minimum atomic E-state index is -0.956. The van der Waals surface area contributed by atoms with Gasteiger partial charge in [-0.3, -0.25) is 9.59 Å². The van der Waals surface area contributed by atoms with Gasteiger partial charge >= 0.3 is 12.1 Å². The largest absolute Gasteiger partial charge is 0.454 e. The van der Waals surface area contributed by atoms with Gasteiger partial charge in [0.05, 0.1) is 12.1 Å². The second-order valence-corrected chi connectivity index (χ2v) is 8.99. The van der Waals surface area contributed by atoms with Gasteiger partial charge in [-0.1, -0.05) is 48.5 Å². The minimum absolute atomic E-state index is 0.210. The van der Waals surface area contributed by atoms with Crippen LogP contribution in [0.15, 0.2) is 48.5 Å². The van der Waals surface area contributed by atoms with Crippen molar-refractivity contribution in [3.8, 4) is 0 Å². The number of hydrogen-bond acceptors (Lipinski definition) is 6. The van der Waals surface area contributed by atoms with E-state index in [0.717, 1.165) is 16.7 Å². The zero-order valence-electron chi connectivity index (χ0n) is 20.3. The van der Waals surface area contributed by atoms with Crippen LogP contribution in [0.4, 0.5) is 4.79 Å². The van der Waals surface area contributed by atoms with Crippen LogP contribution in [0.2, 0.25) is 0 Å². The van der Waals surface area contributed by atoms with Gasteiger partial charge in [0, 0.05) is 6.42 Å². The predicted octanol–water partition coefficient (Wildman–Crippen LogP) is 3.28.